The van der Waals surface area contributed by atoms with E-state index in [9.17, 15) is 9.59 Å². The maximum Gasteiger partial charge on any atom is 0.305 e. The van der Waals surface area contributed by atoms with Gasteiger partial charge in [0.05, 0.1) is 6.61 Å². The highest BCUT2D eigenvalue weighted by Gasteiger charge is 2.11. The first-order valence-corrected chi connectivity index (χ1v) is 12.2. The van der Waals surface area contributed by atoms with Gasteiger partial charge in [0.25, 0.3) is 0 Å². The van der Waals surface area contributed by atoms with Gasteiger partial charge in [-0.3, -0.25) is 9.59 Å². The highest BCUT2D eigenvalue weighted by atomic mass is 16.5. The first-order chi connectivity index (χ1) is 16.2. The van der Waals surface area contributed by atoms with Crippen molar-refractivity contribution in [3.05, 3.63) is 60.2 Å². The van der Waals surface area contributed by atoms with Crippen molar-refractivity contribution in [2.45, 2.75) is 64.8 Å². The minimum Gasteiger partial charge on any atom is -0.466 e. The number of carbonyl (C=O) groups excluding carboxylic acids is 2. The lowest BCUT2D eigenvalue weighted by Crippen LogP contribution is -2.22. The second-order valence-electron chi connectivity index (χ2n) is 8.78. The lowest BCUT2D eigenvalue weighted by molar-refractivity contribution is -0.143. The summed E-state index contributed by atoms with van der Waals surface area (Å²) in [5.41, 5.74) is 1.16. The van der Waals surface area contributed by atoms with Crippen LogP contribution in [-0.2, 0) is 20.9 Å². The summed E-state index contributed by atoms with van der Waals surface area (Å²) >= 11 is 0. The van der Waals surface area contributed by atoms with Crippen molar-refractivity contribution in [3.8, 4) is 0 Å². The molecule has 172 valence electrons. The summed E-state index contributed by atoms with van der Waals surface area (Å²) < 4.78 is 4.94. The summed E-state index contributed by atoms with van der Waals surface area (Å²) in [5.74, 6) is 0.0156. The second kappa shape index (κ2) is 11.1. The van der Waals surface area contributed by atoms with Gasteiger partial charge in [0, 0.05) is 19.4 Å². The molecule has 0 aromatic heterocycles. The Morgan fingerprint density at radius 3 is 2.06 bits per heavy atom. The molecule has 4 rings (SSSR count). The number of unbranched alkanes of at least 4 members (excludes halogenated alkanes) is 5. The number of rotatable bonds is 12. The van der Waals surface area contributed by atoms with Gasteiger partial charge in [-0.1, -0.05) is 80.3 Å². The Morgan fingerprint density at radius 1 is 0.727 bits per heavy atom. The zero-order valence-corrected chi connectivity index (χ0v) is 19.5. The third-order valence-corrected chi connectivity index (χ3v) is 6.44. The predicted molar refractivity (Wildman–Crippen MR) is 136 cm³/mol. The van der Waals surface area contributed by atoms with Gasteiger partial charge in [-0.25, -0.2) is 0 Å². The van der Waals surface area contributed by atoms with Crippen LogP contribution in [0.3, 0.4) is 0 Å². The fraction of sp³-hybridized carbons (Fsp3) is 0.379. The Morgan fingerprint density at radius 2 is 1.33 bits per heavy atom. The van der Waals surface area contributed by atoms with Crippen LogP contribution in [0.15, 0.2) is 54.6 Å². The van der Waals surface area contributed by atoms with Gasteiger partial charge in [0.15, 0.2) is 0 Å². The Bertz CT molecular complexity index is 1210. The molecule has 0 saturated carbocycles. The first kappa shape index (κ1) is 23.0. The van der Waals surface area contributed by atoms with Crippen LogP contribution in [0.25, 0.3) is 32.3 Å². The van der Waals surface area contributed by atoms with E-state index >= 15 is 0 Å². The van der Waals surface area contributed by atoms with Crippen molar-refractivity contribution in [2.75, 3.05) is 6.61 Å². The fourth-order valence-corrected chi connectivity index (χ4v) is 4.73. The number of hydrogen-bond acceptors (Lipinski definition) is 3. The molecule has 0 spiro atoms. The van der Waals surface area contributed by atoms with Gasteiger partial charge in [0.1, 0.15) is 0 Å². The van der Waals surface area contributed by atoms with Gasteiger partial charge in [-0.05, 0) is 57.6 Å². The van der Waals surface area contributed by atoms with Crippen molar-refractivity contribution in [1.29, 1.82) is 0 Å². The summed E-state index contributed by atoms with van der Waals surface area (Å²) in [5, 5.41) is 10.7. The average Bonchev–Trinajstić information content (AvgIpc) is 2.83. The lowest BCUT2D eigenvalue weighted by atomic mass is 9.92. The van der Waals surface area contributed by atoms with E-state index in [0.29, 0.717) is 26.0 Å². The Kier molecular flexibility index (Phi) is 7.77. The van der Waals surface area contributed by atoms with Crippen LogP contribution in [0.2, 0.25) is 0 Å². The van der Waals surface area contributed by atoms with Crippen molar-refractivity contribution >= 4 is 44.2 Å². The number of esters is 1. The third-order valence-electron chi connectivity index (χ3n) is 6.44. The maximum absolute atomic E-state index is 12.4. The van der Waals surface area contributed by atoms with E-state index in [0.717, 1.165) is 44.1 Å². The number of carbonyl (C=O) groups is 2. The van der Waals surface area contributed by atoms with Crippen molar-refractivity contribution in [3.63, 3.8) is 0 Å². The van der Waals surface area contributed by atoms with Crippen LogP contribution < -0.4 is 5.32 Å². The number of amides is 1. The molecule has 0 aliphatic rings. The number of ether oxygens (including phenoxy) is 1. The van der Waals surface area contributed by atoms with E-state index in [4.69, 9.17) is 4.74 Å². The molecule has 0 atom stereocenters. The molecule has 0 radical (unpaired) electrons. The number of nitrogens with one attached hydrogen (secondary N) is 1. The van der Waals surface area contributed by atoms with Gasteiger partial charge in [-0.15, -0.1) is 0 Å². The second-order valence-corrected chi connectivity index (χ2v) is 8.78. The molecular formula is C29H33NO3. The smallest absolute Gasteiger partial charge is 0.305 e. The summed E-state index contributed by atoms with van der Waals surface area (Å²) in [7, 11) is 0. The minimum atomic E-state index is -0.0983. The van der Waals surface area contributed by atoms with Gasteiger partial charge in [-0.2, -0.15) is 0 Å². The first-order valence-electron chi connectivity index (χ1n) is 12.2. The van der Waals surface area contributed by atoms with Gasteiger partial charge < -0.3 is 10.1 Å². The van der Waals surface area contributed by atoms with Crippen molar-refractivity contribution in [2.24, 2.45) is 0 Å². The zero-order valence-electron chi connectivity index (χ0n) is 19.5. The van der Waals surface area contributed by atoms with E-state index in [1.54, 1.807) is 0 Å². The molecule has 4 aromatic rings. The van der Waals surface area contributed by atoms with Crippen LogP contribution in [0.4, 0.5) is 0 Å². The highest BCUT2D eigenvalue weighted by Crippen LogP contribution is 2.35. The summed E-state index contributed by atoms with van der Waals surface area (Å²) in [6.07, 6.45) is 7.16. The van der Waals surface area contributed by atoms with Crippen LogP contribution in [0, 0.1) is 0 Å². The standard InChI is InChI=1S/C29H33NO3/c1-2-33-27(32)13-8-6-4-3-5-7-12-26(31)30-20-24-17-16-23-15-14-21-10-9-11-22-18-19-25(24)29(23)28(21)22/h9-11,14-19H,2-8,12-13,20H2,1H3,(H,30,31). The maximum atomic E-state index is 12.4. The molecule has 4 nitrogen and oxygen atoms in total. The molecule has 4 aromatic carbocycles. The third kappa shape index (κ3) is 5.62. The average molecular weight is 444 g/mol. The molecule has 0 heterocycles. The van der Waals surface area contributed by atoms with Crippen molar-refractivity contribution in [1.82, 2.24) is 5.32 Å². The molecule has 0 saturated heterocycles. The van der Waals surface area contributed by atoms with Crippen LogP contribution in [0.1, 0.15) is 63.9 Å². The van der Waals surface area contributed by atoms with Gasteiger partial charge >= 0.3 is 5.97 Å². The van der Waals surface area contributed by atoms with Crippen LogP contribution in [-0.4, -0.2) is 18.5 Å². The minimum absolute atomic E-state index is 0.0983. The normalized spacial score (nSPS) is 11.4. The van der Waals surface area contributed by atoms with E-state index in [2.05, 4.69) is 59.9 Å². The van der Waals surface area contributed by atoms with E-state index < -0.39 is 0 Å². The monoisotopic (exact) mass is 443 g/mol. The molecule has 0 aliphatic heterocycles. The number of benzene rings is 4. The zero-order chi connectivity index (χ0) is 23.0. The molecule has 0 fully saturated rings. The van der Waals surface area contributed by atoms with E-state index in [-0.39, 0.29) is 11.9 Å². The Hall–Kier alpha value is -3.14. The van der Waals surface area contributed by atoms with Crippen molar-refractivity contribution < 1.29 is 14.3 Å². The molecule has 0 unspecified atom stereocenters. The summed E-state index contributed by atoms with van der Waals surface area (Å²) in [4.78, 5) is 23.7. The lowest BCUT2D eigenvalue weighted by Gasteiger charge is -2.14. The number of hydrogen-bond donors (Lipinski definition) is 1. The van der Waals surface area contributed by atoms with E-state index in [1.807, 2.05) is 6.92 Å². The van der Waals surface area contributed by atoms with Gasteiger partial charge in [0.2, 0.25) is 5.91 Å². The fourth-order valence-electron chi connectivity index (χ4n) is 4.73. The molecule has 4 heteroatoms. The SMILES string of the molecule is CCOC(=O)CCCCCCCCC(=O)NCc1ccc2ccc3cccc4ccc1c2c34. The molecule has 1 N–H and O–H groups in total. The van der Waals surface area contributed by atoms with Crippen LogP contribution in [0.5, 0.6) is 0 Å². The predicted octanol–water partition coefficient (Wildman–Crippen LogP) is 6.88. The van der Waals surface area contributed by atoms with Crippen LogP contribution >= 0.6 is 0 Å². The molecule has 1 amide bonds. The molecule has 0 bridgehead atoms. The summed E-state index contributed by atoms with van der Waals surface area (Å²) in [6, 6.07) is 19.5. The highest BCUT2D eigenvalue weighted by molar-refractivity contribution is 6.23. The summed E-state index contributed by atoms with van der Waals surface area (Å²) in [6.45, 7) is 2.85. The molecule has 0 aliphatic carbocycles. The molecular weight excluding hydrogens is 410 g/mol. The topological polar surface area (TPSA) is 55.4 Å². The van der Waals surface area contributed by atoms with E-state index in [1.165, 1.54) is 32.3 Å². The Balaban J connectivity index is 1.24. The molecule has 33 heavy (non-hydrogen) atoms. The quantitative estimate of drug-likeness (QED) is 0.147. The Labute approximate surface area is 195 Å². The largest absolute Gasteiger partial charge is 0.466 e.